The Morgan fingerprint density at radius 2 is 1.65 bits per heavy atom. The molecule has 1 nitrogen and oxygen atoms in total. The van der Waals surface area contributed by atoms with Crippen molar-refractivity contribution in [3.8, 4) is 11.1 Å². The normalized spacial score (nSPS) is 13.4. The molecule has 0 unspecified atom stereocenters. The van der Waals surface area contributed by atoms with Gasteiger partial charge in [0.2, 0.25) is 0 Å². The van der Waals surface area contributed by atoms with Crippen molar-refractivity contribution < 1.29 is 0 Å². The Morgan fingerprint density at radius 3 is 2.65 bits per heavy atom. The van der Waals surface area contributed by atoms with Crippen LogP contribution in [0, 0.1) is 0 Å². The highest BCUT2D eigenvalue weighted by atomic mass is 14.7. The molecule has 2 aromatic carbocycles. The molecular formula is C16H13N. The molecule has 3 aromatic rings. The van der Waals surface area contributed by atoms with Gasteiger partial charge in [-0.15, -0.1) is 0 Å². The van der Waals surface area contributed by atoms with E-state index in [1.54, 1.807) is 0 Å². The summed E-state index contributed by atoms with van der Waals surface area (Å²) in [4.78, 5) is 3.56. The Hall–Kier alpha value is -2.02. The number of aromatic amines is 1. The zero-order valence-electron chi connectivity index (χ0n) is 9.53. The lowest BCUT2D eigenvalue weighted by atomic mass is 9.88. The lowest BCUT2D eigenvalue weighted by molar-refractivity contribution is 0.914. The predicted molar refractivity (Wildman–Crippen MR) is 71.1 cm³/mol. The van der Waals surface area contributed by atoms with E-state index in [0.29, 0.717) is 0 Å². The highest BCUT2D eigenvalue weighted by molar-refractivity contribution is 5.98. The molecule has 1 aliphatic rings. The first kappa shape index (κ1) is 9.06. The standard InChI is InChI=1S/C16H13N/c1-2-6-12-11(5-1)9-10-15-16(12)13-7-3-4-8-14(13)17-15/h1-8,17H,9-10H2. The van der Waals surface area contributed by atoms with Crippen LogP contribution in [0.4, 0.5) is 0 Å². The van der Waals surface area contributed by atoms with Crippen molar-refractivity contribution in [2.45, 2.75) is 12.8 Å². The van der Waals surface area contributed by atoms with Gasteiger partial charge in [-0.05, 0) is 30.0 Å². The van der Waals surface area contributed by atoms with E-state index in [9.17, 15) is 0 Å². The highest BCUT2D eigenvalue weighted by Crippen LogP contribution is 2.38. The van der Waals surface area contributed by atoms with E-state index in [1.807, 2.05) is 0 Å². The Bertz CT molecular complexity index is 706. The molecule has 4 rings (SSSR count). The zero-order valence-corrected chi connectivity index (χ0v) is 9.53. The summed E-state index contributed by atoms with van der Waals surface area (Å²) < 4.78 is 0. The van der Waals surface area contributed by atoms with Crippen molar-refractivity contribution in [2.75, 3.05) is 0 Å². The van der Waals surface area contributed by atoms with E-state index in [4.69, 9.17) is 0 Å². The fraction of sp³-hybridized carbons (Fsp3) is 0.125. The molecule has 0 radical (unpaired) electrons. The quantitative estimate of drug-likeness (QED) is 0.589. The first-order valence-corrected chi connectivity index (χ1v) is 6.11. The van der Waals surface area contributed by atoms with Crippen LogP contribution in [0.25, 0.3) is 22.0 Å². The van der Waals surface area contributed by atoms with Gasteiger partial charge in [0, 0.05) is 22.2 Å². The molecule has 0 atom stereocenters. The van der Waals surface area contributed by atoms with E-state index in [2.05, 4.69) is 53.5 Å². The number of fused-ring (bicyclic) bond motifs is 5. The molecule has 1 aromatic heterocycles. The van der Waals surface area contributed by atoms with E-state index in [-0.39, 0.29) is 0 Å². The van der Waals surface area contributed by atoms with Crippen LogP contribution < -0.4 is 0 Å². The van der Waals surface area contributed by atoms with Gasteiger partial charge >= 0.3 is 0 Å². The summed E-state index contributed by atoms with van der Waals surface area (Å²) >= 11 is 0. The number of hydrogen-bond donors (Lipinski definition) is 1. The molecule has 1 aliphatic carbocycles. The maximum absolute atomic E-state index is 3.56. The molecule has 1 heterocycles. The molecule has 0 fully saturated rings. The summed E-state index contributed by atoms with van der Waals surface area (Å²) in [6.45, 7) is 0. The molecule has 1 N–H and O–H groups in total. The van der Waals surface area contributed by atoms with Crippen molar-refractivity contribution in [1.29, 1.82) is 0 Å². The van der Waals surface area contributed by atoms with Crippen LogP contribution in [0.2, 0.25) is 0 Å². The summed E-state index contributed by atoms with van der Waals surface area (Å²) in [5, 5.41) is 1.36. The second kappa shape index (κ2) is 3.24. The molecule has 0 amide bonds. The number of aryl methyl sites for hydroxylation is 2. The van der Waals surface area contributed by atoms with Gasteiger partial charge in [0.05, 0.1) is 0 Å². The largest absolute Gasteiger partial charge is 0.358 e. The summed E-state index contributed by atoms with van der Waals surface area (Å²) in [7, 11) is 0. The fourth-order valence-electron chi connectivity index (χ4n) is 2.93. The number of para-hydroxylation sites is 1. The number of hydrogen-bond acceptors (Lipinski definition) is 0. The van der Waals surface area contributed by atoms with Gasteiger partial charge in [0.25, 0.3) is 0 Å². The lowest BCUT2D eigenvalue weighted by Crippen LogP contribution is -2.02. The molecule has 0 aliphatic heterocycles. The highest BCUT2D eigenvalue weighted by Gasteiger charge is 2.19. The van der Waals surface area contributed by atoms with Crippen LogP contribution in [0.3, 0.4) is 0 Å². The maximum Gasteiger partial charge on any atom is 0.0462 e. The Morgan fingerprint density at radius 1 is 0.824 bits per heavy atom. The van der Waals surface area contributed by atoms with E-state index in [0.717, 1.165) is 12.8 Å². The van der Waals surface area contributed by atoms with Gasteiger partial charge < -0.3 is 4.98 Å². The third-order valence-corrected chi connectivity index (χ3v) is 3.71. The minimum absolute atomic E-state index is 1.13. The minimum Gasteiger partial charge on any atom is -0.358 e. The number of nitrogens with one attached hydrogen (secondary N) is 1. The van der Waals surface area contributed by atoms with Gasteiger partial charge in [0.15, 0.2) is 0 Å². The molecule has 0 bridgehead atoms. The van der Waals surface area contributed by atoms with Gasteiger partial charge in [0.1, 0.15) is 0 Å². The molecule has 82 valence electrons. The molecule has 17 heavy (non-hydrogen) atoms. The number of rotatable bonds is 0. The third kappa shape index (κ3) is 1.19. The summed E-state index contributed by atoms with van der Waals surface area (Å²) in [6, 6.07) is 17.4. The lowest BCUT2D eigenvalue weighted by Gasteiger charge is -2.16. The molecule has 0 saturated carbocycles. The minimum atomic E-state index is 1.13. The van der Waals surface area contributed by atoms with E-state index >= 15 is 0 Å². The SMILES string of the molecule is c1ccc2c(c1)CCc1[nH]c3ccccc3c1-2. The average molecular weight is 219 g/mol. The molecule has 0 spiro atoms. The Kier molecular flexibility index (Phi) is 1.72. The molecule has 0 saturated heterocycles. The molecular weight excluding hydrogens is 206 g/mol. The summed E-state index contributed by atoms with van der Waals surface area (Å²) in [5.41, 5.74) is 6.96. The first-order chi connectivity index (χ1) is 8.43. The maximum atomic E-state index is 3.56. The van der Waals surface area contributed by atoms with Gasteiger partial charge in [-0.1, -0.05) is 42.5 Å². The third-order valence-electron chi connectivity index (χ3n) is 3.71. The second-order valence-electron chi connectivity index (χ2n) is 4.68. The van der Waals surface area contributed by atoms with Crippen molar-refractivity contribution >= 4 is 10.9 Å². The van der Waals surface area contributed by atoms with Gasteiger partial charge in [-0.3, -0.25) is 0 Å². The second-order valence-corrected chi connectivity index (χ2v) is 4.68. The predicted octanol–water partition coefficient (Wildman–Crippen LogP) is 3.93. The zero-order chi connectivity index (χ0) is 11.2. The van der Waals surface area contributed by atoms with E-state index in [1.165, 1.54) is 33.3 Å². The van der Waals surface area contributed by atoms with Crippen LogP contribution in [-0.2, 0) is 12.8 Å². The summed E-state index contributed by atoms with van der Waals surface area (Å²) in [5.74, 6) is 0. The average Bonchev–Trinajstić information content (AvgIpc) is 2.77. The number of aromatic nitrogens is 1. The Balaban J connectivity index is 2.14. The Labute approximate surface area is 100 Å². The van der Waals surface area contributed by atoms with Crippen LogP contribution in [0.1, 0.15) is 11.3 Å². The first-order valence-electron chi connectivity index (χ1n) is 6.11. The van der Waals surface area contributed by atoms with Crippen molar-refractivity contribution in [1.82, 2.24) is 4.98 Å². The van der Waals surface area contributed by atoms with Gasteiger partial charge in [-0.25, -0.2) is 0 Å². The smallest absolute Gasteiger partial charge is 0.0462 e. The molecule has 1 heteroatoms. The monoisotopic (exact) mass is 219 g/mol. The van der Waals surface area contributed by atoms with Crippen LogP contribution >= 0.6 is 0 Å². The number of H-pyrrole nitrogens is 1. The van der Waals surface area contributed by atoms with Crippen molar-refractivity contribution in [3.05, 3.63) is 59.8 Å². The van der Waals surface area contributed by atoms with E-state index < -0.39 is 0 Å². The van der Waals surface area contributed by atoms with Crippen LogP contribution in [0.5, 0.6) is 0 Å². The fourth-order valence-corrected chi connectivity index (χ4v) is 2.93. The van der Waals surface area contributed by atoms with Crippen molar-refractivity contribution in [2.24, 2.45) is 0 Å². The topological polar surface area (TPSA) is 15.8 Å². The van der Waals surface area contributed by atoms with Gasteiger partial charge in [-0.2, -0.15) is 0 Å². The summed E-state index contributed by atoms with van der Waals surface area (Å²) in [6.07, 6.45) is 2.27. The number of benzene rings is 2. The van der Waals surface area contributed by atoms with Crippen molar-refractivity contribution in [3.63, 3.8) is 0 Å². The van der Waals surface area contributed by atoms with Crippen LogP contribution in [-0.4, -0.2) is 4.98 Å². The van der Waals surface area contributed by atoms with Crippen LogP contribution in [0.15, 0.2) is 48.5 Å².